The number of hydrogen-bond acceptors (Lipinski definition) is 16. The van der Waals surface area contributed by atoms with Crippen molar-refractivity contribution in [3.63, 3.8) is 0 Å². The summed E-state index contributed by atoms with van der Waals surface area (Å²) in [6.45, 7) is 13.0. The first-order chi connectivity index (χ1) is 33.5. The van der Waals surface area contributed by atoms with Crippen molar-refractivity contribution in [3.05, 3.63) is 166 Å². The van der Waals surface area contributed by atoms with Crippen LogP contribution in [0, 0.1) is 0 Å². The van der Waals surface area contributed by atoms with Gasteiger partial charge >= 0.3 is 35.8 Å². The number of benzene rings is 2. The number of hydrogen-bond donors (Lipinski definition) is 0. The molecule has 2 aromatic heterocycles. The van der Waals surface area contributed by atoms with Crippen molar-refractivity contribution in [2.45, 2.75) is 65.2 Å². The average molecular weight is 951 g/mol. The maximum atomic E-state index is 14.2. The number of aromatic nitrogens is 2. The number of fused-ring (bicyclic) bond motifs is 2. The first kappa shape index (κ1) is 51.0. The van der Waals surface area contributed by atoms with Gasteiger partial charge < -0.3 is 28.4 Å². The zero-order chi connectivity index (χ0) is 50.5. The molecule has 0 aliphatic heterocycles. The minimum Gasteiger partial charge on any atom is -0.462 e. The monoisotopic (exact) mass is 950 g/mol. The Morgan fingerprint density at radius 2 is 0.829 bits per heavy atom. The fourth-order valence-corrected chi connectivity index (χ4v) is 7.31. The Labute approximate surface area is 403 Å². The predicted octanol–water partition coefficient (Wildman–Crippen LogP) is 7.94. The van der Waals surface area contributed by atoms with Crippen molar-refractivity contribution >= 4 is 58.5 Å². The van der Waals surface area contributed by atoms with Gasteiger partial charge in [0.2, 0.25) is 0 Å². The molecule has 0 N–H and O–H groups in total. The Bertz CT molecular complexity index is 2660. The van der Waals surface area contributed by atoms with Crippen LogP contribution >= 0.6 is 0 Å². The Morgan fingerprint density at radius 3 is 1.17 bits per heavy atom. The van der Waals surface area contributed by atoms with E-state index in [4.69, 9.17) is 28.4 Å². The van der Waals surface area contributed by atoms with Gasteiger partial charge in [-0.05, 0) is 72.5 Å². The number of carbonyl (C=O) groups is 8. The van der Waals surface area contributed by atoms with Gasteiger partial charge in [-0.1, -0.05) is 75.5 Å². The van der Waals surface area contributed by atoms with E-state index in [9.17, 15) is 38.4 Å². The van der Waals surface area contributed by atoms with Crippen molar-refractivity contribution < 1.29 is 66.8 Å². The second kappa shape index (κ2) is 23.6. The van der Waals surface area contributed by atoms with Gasteiger partial charge in [-0.2, -0.15) is 0 Å². The van der Waals surface area contributed by atoms with Crippen LogP contribution in [0.1, 0.15) is 108 Å². The number of pyridine rings is 2. The number of ether oxygens (including phenoxy) is 6. The SMILES string of the molecule is C=C(C)C(=O)OCCOC(=O)CCC(=O)Oc1ccc(C(C)C2=C/C(=C3/C=C(C(C)c4ccc(OC(=O)CCC(=O)OCCOC(=O)C(=C)C)cn4)C(=O)c4ccccc43)c3ccccc3C2=O)nc1. The summed E-state index contributed by atoms with van der Waals surface area (Å²) >= 11 is 0. The normalized spacial score (nSPS) is 14.6. The molecule has 0 spiro atoms. The fraction of sp³-hybridized carbons (Fsp3) is 0.259. The lowest BCUT2D eigenvalue weighted by Gasteiger charge is -2.27. The van der Waals surface area contributed by atoms with Crippen molar-refractivity contribution in [2.75, 3.05) is 26.4 Å². The van der Waals surface area contributed by atoms with Gasteiger partial charge in [-0.15, -0.1) is 0 Å². The van der Waals surface area contributed by atoms with Gasteiger partial charge in [-0.25, -0.2) is 9.59 Å². The van der Waals surface area contributed by atoms with Crippen LogP contribution in [-0.4, -0.2) is 83.8 Å². The topological polar surface area (TPSA) is 218 Å². The third kappa shape index (κ3) is 13.0. The van der Waals surface area contributed by atoms with Crippen LogP contribution < -0.4 is 9.47 Å². The Morgan fingerprint density at radius 1 is 0.486 bits per heavy atom. The molecule has 2 aromatic carbocycles. The van der Waals surface area contributed by atoms with E-state index in [0.717, 1.165) is 0 Å². The molecule has 2 atom stereocenters. The minimum absolute atomic E-state index is 0.132. The lowest BCUT2D eigenvalue weighted by molar-refractivity contribution is -0.151. The Balaban J connectivity index is 1.16. The van der Waals surface area contributed by atoms with Gasteiger partial charge in [0.05, 0.1) is 38.1 Å². The highest BCUT2D eigenvalue weighted by molar-refractivity contribution is 6.24. The van der Waals surface area contributed by atoms with Crippen LogP contribution in [0.2, 0.25) is 0 Å². The van der Waals surface area contributed by atoms with E-state index >= 15 is 0 Å². The molecule has 0 radical (unpaired) electrons. The molecular formula is C54H50N2O14. The van der Waals surface area contributed by atoms with Gasteiger partial charge in [0.25, 0.3) is 0 Å². The largest absolute Gasteiger partial charge is 0.462 e. The number of rotatable bonds is 20. The van der Waals surface area contributed by atoms with Gasteiger partial charge in [-0.3, -0.25) is 38.7 Å². The molecule has 0 bridgehead atoms. The molecule has 0 fully saturated rings. The Kier molecular flexibility index (Phi) is 17.2. The summed E-state index contributed by atoms with van der Waals surface area (Å²) in [6.07, 6.45) is 5.34. The zero-order valence-electron chi connectivity index (χ0n) is 39.1. The molecule has 360 valence electrons. The van der Waals surface area contributed by atoms with Crippen molar-refractivity contribution in [3.8, 4) is 11.5 Å². The smallest absolute Gasteiger partial charge is 0.333 e. The van der Waals surface area contributed by atoms with Gasteiger partial charge in [0.1, 0.15) is 37.9 Å². The number of ketones is 2. The summed E-state index contributed by atoms with van der Waals surface area (Å²) in [5.41, 5.74) is 6.05. The molecule has 4 aromatic rings. The van der Waals surface area contributed by atoms with E-state index in [0.29, 0.717) is 55.9 Å². The van der Waals surface area contributed by atoms with Crippen LogP contribution in [-0.2, 0) is 47.7 Å². The fourth-order valence-electron chi connectivity index (χ4n) is 7.31. The highest BCUT2D eigenvalue weighted by atomic mass is 16.6. The zero-order valence-corrected chi connectivity index (χ0v) is 39.1. The summed E-state index contributed by atoms with van der Waals surface area (Å²) in [7, 11) is 0. The molecule has 0 saturated carbocycles. The first-order valence-corrected chi connectivity index (χ1v) is 22.3. The van der Waals surface area contributed by atoms with E-state index in [1.807, 2.05) is 50.3 Å². The van der Waals surface area contributed by atoms with Gasteiger partial charge in [0.15, 0.2) is 11.6 Å². The standard InChI is InChI=1S/C54H50N2O14/c1-31(2)53(63)67-25-23-65-47(57)19-21-49(59)69-35-15-17-45(55-29-35)33(5)41-27-43(37-11-7-9-13-39(37)51(41)61)44-28-42(52(62)40-14-10-8-12-38(40)44)34(6)46-18-16-36(30-56-46)70-50(60)22-20-48(58)66-24-26-68-54(64)32(3)4/h7-18,27-30,33-34H,1,3,19-26H2,2,4-6H3/b44-43+. The maximum Gasteiger partial charge on any atom is 0.333 e. The van der Waals surface area contributed by atoms with E-state index in [-0.39, 0.29) is 86.3 Å². The molecule has 2 heterocycles. The molecule has 0 amide bonds. The van der Waals surface area contributed by atoms with Crippen LogP contribution in [0.3, 0.4) is 0 Å². The van der Waals surface area contributed by atoms with Crippen molar-refractivity contribution in [1.29, 1.82) is 0 Å². The number of esters is 6. The summed E-state index contributed by atoms with van der Waals surface area (Å²) in [6, 6.07) is 20.9. The molecule has 16 nitrogen and oxygen atoms in total. The highest BCUT2D eigenvalue weighted by Crippen LogP contribution is 2.44. The van der Waals surface area contributed by atoms with Crippen LogP contribution in [0.15, 0.2) is 133 Å². The van der Waals surface area contributed by atoms with Crippen LogP contribution in [0.25, 0.3) is 11.1 Å². The molecule has 2 aliphatic carbocycles. The van der Waals surface area contributed by atoms with E-state index in [2.05, 4.69) is 23.1 Å². The number of nitrogens with zero attached hydrogens (tertiary/aromatic N) is 2. The molecule has 6 rings (SSSR count). The summed E-state index contributed by atoms with van der Waals surface area (Å²) in [5, 5.41) is 0. The predicted molar refractivity (Wildman–Crippen MR) is 253 cm³/mol. The van der Waals surface area contributed by atoms with Crippen molar-refractivity contribution in [1.82, 2.24) is 9.97 Å². The minimum atomic E-state index is -0.693. The second-order valence-corrected chi connectivity index (χ2v) is 16.3. The van der Waals surface area contributed by atoms with Crippen LogP contribution in [0.5, 0.6) is 11.5 Å². The number of allylic oxidation sites excluding steroid dienone is 6. The summed E-state index contributed by atoms with van der Waals surface area (Å²) < 4.78 is 30.5. The second-order valence-electron chi connectivity index (χ2n) is 16.3. The third-order valence-electron chi connectivity index (χ3n) is 11.1. The van der Waals surface area contributed by atoms with E-state index in [1.54, 1.807) is 48.5 Å². The molecule has 70 heavy (non-hydrogen) atoms. The van der Waals surface area contributed by atoms with E-state index in [1.165, 1.54) is 26.2 Å². The highest BCUT2D eigenvalue weighted by Gasteiger charge is 2.33. The molecule has 2 aliphatic rings. The lowest BCUT2D eigenvalue weighted by atomic mass is 9.75. The van der Waals surface area contributed by atoms with Gasteiger partial charge in [0, 0.05) is 56.6 Å². The first-order valence-electron chi connectivity index (χ1n) is 22.3. The molecule has 16 heteroatoms. The van der Waals surface area contributed by atoms with E-state index < -0.39 is 47.7 Å². The maximum absolute atomic E-state index is 14.2. The van der Waals surface area contributed by atoms with Crippen molar-refractivity contribution in [2.24, 2.45) is 0 Å². The number of Topliss-reactive ketones (excluding diaryl/α,β-unsaturated/α-hetero) is 2. The Hall–Kier alpha value is -8.40. The average Bonchev–Trinajstić information content (AvgIpc) is 3.35. The molecule has 2 unspecified atom stereocenters. The molecular weight excluding hydrogens is 901 g/mol. The summed E-state index contributed by atoms with van der Waals surface area (Å²) in [4.78, 5) is 110. The quantitative estimate of drug-likeness (QED) is 0.0355. The lowest BCUT2D eigenvalue weighted by Crippen LogP contribution is -2.20. The number of carbonyl (C=O) groups excluding carboxylic acids is 8. The van der Waals surface area contributed by atoms with Crippen LogP contribution in [0.4, 0.5) is 0 Å². The summed E-state index contributed by atoms with van der Waals surface area (Å²) in [5.74, 6) is -5.15. The molecule has 0 saturated heterocycles. The third-order valence-corrected chi connectivity index (χ3v) is 11.1.